The molecule has 110 valence electrons. The molecule has 0 aliphatic carbocycles. The maximum absolute atomic E-state index is 13.7. The van der Waals surface area contributed by atoms with Crippen LogP contribution in [0.5, 0.6) is 0 Å². The van der Waals surface area contributed by atoms with Crippen molar-refractivity contribution in [3.63, 3.8) is 0 Å². The lowest BCUT2D eigenvalue weighted by Gasteiger charge is -2.11. The molecule has 1 aromatic carbocycles. The molecule has 0 amide bonds. The summed E-state index contributed by atoms with van der Waals surface area (Å²) in [6.07, 6.45) is -7.30. The number of halogens is 4. The molecule has 4 nitrogen and oxygen atoms in total. The van der Waals surface area contributed by atoms with Gasteiger partial charge in [0, 0.05) is 4.88 Å². The molecule has 0 saturated carbocycles. The number of aromatic nitrogens is 2. The van der Waals surface area contributed by atoms with Gasteiger partial charge in [0.05, 0.1) is 0 Å². The minimum absolute atomic E-state index is 0.0514. The molecule has 0 aliphatic rings. The van der Waals surface area contributed by atoms with Crippen LogP contribution in [0.2, 0.25) is 0 Å². The number of fused-ring (bicyclic) bond motifs is 1. The van der Waals surface area contributed by atoms with Gasteiger partial charge in [0.1, 0.15) is 5.52 Å². The molecule has 0 bridgehead atoms. The molecule has 1 N–H and O–H groups in total. The fourth-order valence-corrected chi connectivity index (χ4v) is 2.75. The Labute approximate surface area is 118 Å². The first kappa shape index (κ1) is 14.0. The minimum Gasteiger partial charge on any atom is -0.379 e. The maximum Gasteiger partial charge on any atom is 0.419 e. The lowest BCUT2D eigenvalue weighted by molar-refractivity contribution is -0.205. The molecule has 9 heteroatoms. The van der Waals surface area contributed by atoms with E-state index in [1.54, 1.807) is 0 Å². The summed E-state index contributed by atoms with van der Waals surface area (Å²) in [7, 11) is 0. The maximum atomic E-state index is 13.7. The lowest BCUT2D eigenvalue weighted by Crippen LogP contribution is -2.18. The quantitative estimate of drug-likeness (QED) is 0.732. The van der Waals surface area contributed by atoms with Crippen LogP contribution in [-0.2, 0) is 0 Å². The molecule has 1 atom stereocenters. The summed E-state index contributed by atoms with van der Waals surface area (Å²) in [5, 5.41) is 17.5. The van der Waals surface area contributed by atoms with Crippen LogP contribution >= 0.6 is 11.3 Å². The highest BCUT2D eigenvalue weighted by atomic mass is 32.1. The summed E-state index contributed by atoms with van der Waals surface area (Å²) >= 11 is 0.741. The van der Waals surface area contributed by atoms with E-state index in [-0.39, 0.29) is 15.9 Å². The van der Waals surface area contributed by atoms with E-state index in [2.05, 4.69) is 14.9 Å². The molecular formula is C12H6F4N2O2S. The van der Waals surface area contributed by atoms with Gasteiger partial charge in [-0.25, -0.2) is 9.02 Å². The summed E-state index contributed by atoms with van der Waals surface area (Å²) in [5.74, 6) is -0.687. The summed E-state index contributed by atoms with van der Waals surface area (Å²) in [4.78, 5) is -0.267. The van der Waals surface area contributed by atoms with E-state index in [0.29, 0.717) is 11.1 Å². The van der Waals surface area contributed by atoms with Crippen molar-refractivity contribution in [2.45, 2.75) is 12.3 Å². The molecule has 21 heavy (non-hydrogen) atoms. The number of benzene rings is 1. The third-order valence-corrected chi connectivity index (χ3v) is 3.83. The van der Waals surface area contributed by atoms with Crippen molar-refractivity contribution in [3.05, 3.63) is 34.3 Å². The molecule has 3 aromatic rings. The molecule has 0 fully saturated rings. The van der Waals surface area contributed by atoms with E-state index in [1.165, 1.54) is 11.4 Å². The summed E-state index contributed by atoms with van der Waals surface area (Å²) < 4.78 is 55.5. The van der Waals surface area contributed by atoms with Crippen molar-refractivity contribution < 1.29 is 27.3 Å². The van der Waals surface area contributed by atoms with Gasteiger partial charge in [0.2, 0.25) is 0 Å². The van der Waals surface area contributed by atoms with Crippen LogP contribution < -0.4 is 0 Å². The number of aliphatic hydroxyl groups is 1. The second kappa shape index (κ2) is 4.78. The van der Waals surface area contributed by atoms with Gasteiger partial charge in [-0.05, 0) is 45.0 Å². The Balaban J connectivity index is 2.02. The van der Waals surface area contributed by atoms with Crippen molar-refractivity contribution in [1.82, 2.24) is 10.3 Å². The van der Waals surface area contributed by atoms with Crippen molar-refractivity contribution in [2.75, 3.05) is 0 Å². The van der Waals surface area contributed by atoms with Gasteiger partial charge < -0.3 is 5.11 Å². The van der Waals surface area contributed by atoms with Gasteiger partial charge in [0.15, 0.2) is 17.4 Å². The van der Waals surface area contributed by atoms with E-state index in [1.807, 2.05) is 0 Å². The summed E-state index contributed by atoms with van der Waals surface area (Å²) in [6.45, 7) is 0. The predicted molar refractivity (Wildman–Crippen MR) is 66.1 cm³/mol. The van der Waals surface area contributed by atoms with Crippen molar-refractivity contribution in [2.24, 2.45) is 0 Å². The van der Waals surface area contributed by atoms with Crippen molar-refractivity contribution >= 4 is 22.4 Å². The average molecular weight is 318 g/mol. The molecule has 2 aromatic heterocycles. The second-order valence-corrected chi connectivity index (χ2v) is 5.21. The Bertz CT molecular complexity index is 796. The van der Waals surface area contributed by atoms with E-state index in [0.717, 1.165) is 23.5 Å². The highest BCUT2D eigenvalue weighted by Gasteiger charge is 2.40. The topological polar surface area (TPSA) is 59.2 Å². The smallest absolute Gasteiger partial charge is 0.379 e. The van der Waals surface area contributed by atoms with Gasteiger partial charge in [-0.3, -0.25) is 0 Å². The van der Waals surface area contributed by atoms with E-state index in [4.69, 9.17) is 0 Å². The van der Waals surface area contributed by atoms with Crippen LogP contribution in [0.25, 0.3) is 22.2 Å². The van der Waals surface area contributed by atoms with E-state index in [9.17, 15) is 22.7 Å². The number of thiophene rings is 1. The molecule has 2 heterocycles. The molecular weight excluding hydrogens is 312 g/mol. The molecule has 0 spiro atoms. The Morgan fingerprint density at radius 2 is 1.90 bits per heavy atom. The van der Waals surface area contributed by atoms with Crippen LogP contribution in [0.3, 0.4) is 0 Å². The van der Waals surface area contributed by atoms with Crippen LogP contribution in [0, 0.1) is 5.82 Å². The number of alkyl halides is 3. The monoisotopic (exact) mass is 318 g/mol. The van der Waals surface area contributed by atoms with Gasteiger partial charge in [0.25, 0.3) is 0 Å². The SMILES string of the molecule is OC(c1cc(-c2cc(F)c3nonc3c2)cs1)C(F)(F)F. The standard InChI is InChI=1S/C12H6F4N2O2S/c13-7-1-5(2-8-10(7)18-20-17-8)6-3-9(21-4-6)11(19)12(14,15)16/h1-4,11,19H. The summed E-state index contributed by atoms with van der Waals surface area (Å²) in [6, 6.07) is 3.73. The minimum atomic E-state index is -4.74. The number of hydrogen-bond acceptors (Lipinski definition) is 5. The van der Waals surface area contributed by atoms with E-state index >= 15 is 0 Å². The third-order valence-electron chi connectivity index (χ3n) is 2.85. The Morgan fingerprint density at radius 3 is 2.62 bits per heavy atom. The van der Waals surface area contributed by atoms with Crippen LogP contribution in [0.4, 0.5) is 17.6 Å². The molecule has 0 radical (unpaired) electrons. The first-order chi connectivity index (χ1) is 9.86. The van der Waals surface area contributed by atoms with Gasteiger partial charge in [-0.15, -0.1) is 11.3 Å². The zero-order valence-corrected chi connectivity index (χ0v) is 10.9. The third kappa shape index (κ3) is 2.49. The predicted octanol–water partition coefficient (Wildman–Crippen LogP) is 3.69. The highest BCUT2D eigenvalue weighted by Crippen LogP contribution is 2.38. The Morgan fingerprint density at radius 1 is 1.14 bits per heavy atom. The number of aliphatic hydroxyl groups excluding tert-OH is 1. The van der Waals surface area contributed by atoms with Crippen LogP contribution in [-0.4, -0.2) is 21.6 Å². The van der Waals surface area contributed by atoms with Gasteiger partial charge in [-0.1, -0.05) is 0 Å². The lowest BCUT2D eigenvalue weighted by atomic mass is 10.1. The number of nitrogens with zero attached hydrogens (tertiary/aromatic N) is 2. The average Bonchev–Trinajstić information content (AvgIpc) is 3.05. The fraction of sp³-hybridized carbons (Fsp3) is 0.167. The van der Waals surface area contributed by atoms with E-state index < -0.39 is 18.1 Å². The zero-order valence-electron chi connectivity index (χ0n) is 10.1. The highest BCUT2D eigenvalue weighted by molar-refractivity contribution is 7.10. The second-order valence-electron chi connectivity index (χ2n) is 4.27. The summed E-state index contributed by atoms with van der Waals surface area (Å²) in [5.41, 5.74) is 0.785. The molecule has 0 saturated heterocycles. The Kier molecular flexibility index (Phi) is 3.18. The van der Waals surface area contributed by atoms with Crippen LogP contribution in [0.15, 0.2) is 28.2 Å². The molecule has 0 aliphatic heterocycles. The normalized spacial score (nSPS) is 13.8. The zero-order chi connectivity index (χ0) is 15.2. The first-order valence-corrected chi connectivity index (χ1v) is 6.49. The van der Waals surface area contributed by atoms with Crippen molar-refractivity contribution in [3.8, 4) is 11.1 Å². The molecule has 1 unspecified atom stereocenters. The van der Waals surface area contributed by atoms with Gasteiger partial charge in [-0.2, -0.15) is 13.2 Å². The number of rotatable bonds is 2. The van der Waals surface area contributed by atoms with Crippen molar-refractivity contribution in [1.29, 1.82) is 0 Å². The van der Waals surface area contributed by atoms with Crippen LogP contribution in [0.1, 0.15) is 11.0 Å². The Hall–Kier alpha value is -2.00. The largest absolute Gasteiger partial charge is 0.419 e. The fourth-order valence-electron chi connectivity index (χ4n) is 1.83. The van der Waals surface area contributed by atoms with Gasteiger partial charge >= 0.3 is 6.18 Å². The number of hydrogen-bond donors (Lipinski definition) is 1. The first-order valence-electron chi connectivity index (χ1n) is 5.61. The molecule has 3 rings (SSSR count).